The summed E-state index contributed by atoms with van der Waals surface area (Å²) >= 11 is 0. The van der Waals surface area contributed by atoms with Gasteiger partial charge in [0, 0.05) is 11.3 Å². The maximum absolute atomic E-state index is 12.7. The van der Waals surface area contributed by atoms with Gasteiger partial charge in [-0.1, -0.05) is 11.8 Å². The molecule has 0 aliphatic heterocycles. The van der Waals surface area contributed by atoms with Crippen LogP contribution >= 0.6 is 0 Å². The summed E-state index contributed by atoms with van der Waals surface area (Å²) in [6.45, 7) is -0.200. The highest BCUT2D eigenvalue weighted by Crippen LogP contribution is 2.10. The minimum Gasteiger partial charge on any atom is -0.384 e. The fourth-order valence-electron chi connectivity index (χ4n) is 1.48. The van der Waals surface area contributed by atoms with Gasteiger partial charge >= 0.3 is 0 Å². The Labute approximate surface area is 115 Å². The molecular weight excluding hydrogens is 259 g/mol. The lowest BCUT2D eigenvalue weighted by molar-refractivity contribution is 0.102. The number of carbonyl (C=O) groups is 1. The largest absolute Gasteiger partial charge is 0.384 e. The maximum atomic E-state index is 12.7. The number of pyridine rings is 1. The van der Waals surface area contributed by atoms with Crippen molar-refractivity contribution in [3.05, 3.63) is 59.7 Å². The third-order valence-electron chi connectivity index (χ3n) is 2.41. The second kappa shape index (κ2) is 6.45. The molecule has 2 rings (SSSR count). The molecule has 1 amide bonds. The van der Waals surface area contributed by atoms with Crippen molar-refractivity contribution in [2.24, 2.45) is 0 Å². The topological polar surface area (TPSA) is 62.2 Å². The SMILES string of the molecule is O=C(Nc1ccc(C#CCO)cc1)c1ccc(F)cn1. The van der Waals surface area contributed by atoms with Crippen molar-refractivity contribution in [3.8, 4) is 11.8 Å². The van der Waals surface area contributed by atoms with E-state index in [1.165, 1.54) is 12.1 Å². The number of hydrogen-bond donors (Lipinski definition) is 2. The van der Waals surface area contributed by atoms with Crippen molar-refractivity contribution in [1.82, 2.24) is 4.98 Å². The Kier molecular flexibility index (Phi) is 4.43. The summed E-state index contributed by atoms with van der Waals surface area (Å²) in [6.07, 6.45) is 0.989. The van der Waals surface area contributed by atoms with Crippen molar-refractivity contribution in [2.45, 2.75) is 0 Å². The van der Waals surface area contributed by atoms with Crippen LogP contribution < -0.4 is 5.32 Å². The summed E-state index contributed by atoms with van der Waals surface area (Å²) in [4.78, 5) is 15.5. The van der Waals surface area contributed by atoms with Gasteiger partial charge in [0.1, 0.15) is 18.1 Å². The smallest absolute Gasteiger partial charge is 0.274 e. The zero-order chi connectivity index (χ0) is 14.4. The molecule has 0 spiro atoms. The zero-order valence-electron chi connectivity index (χ0n) is 10.4. The quantitative estimate of drug-likeness (QED) is 0.818. The lowest BCUT2D eigenvalue weighted by atomic mass is 10.2. The van der Waals surface area contributed by atoms with Crippen LogP contribution in [-0.2, 0) is 0 Å². The maximum Gasteiger partial charge on any atom is 0.274 e. The molecular formula is C15H11FN2O2. The van der Waals surface area contributed by atoms with Gasteiger partial charge in [0.25, 0.3) is 5.91 Å². The first-order valence-corrected chi connectivity index (χ1v) is 5.82. The molecule has 1 aromatic carbocycles. The molecule has 0 saturated heterocycles. The zero-order valence-corrected chi connectivity index (χ0v) is 10.4. The molecule has 20 heavy (non-hydrogen) atoms. The van der Waals surface area contributed by atoms with Crippen molar-refractivity contribution in [2.75, 3.05) is 11.9 Å². The van der Waals surface area contributed by atoms with Gasteiger partial charge in [0.2, 0.25) is 0 Å². The van der Waals surface area contributed by atoms with Crippen LogP contribution in [0.4, 0.5) is 10.1 Å². The highest BCUT2D eigenvalue weighted by atomic mass is 19.1. The van der Waals surface area contributed by atoms with E-state index < -0.39 is 11.7 Å². The van der Waals surface area contributed by atoms with Crippen molar-refractivity contribution < 1.29 is 14.3 Å². The number of nitrogens with zero attached hydrogens (tertiary/aromatic N) is 1. The van der Waals surface area contributed by atoms with Crippen LogP contribution in [0.25, 0.3) is 0 Å². The molecule has 0 unspecified atom stereocenters. The number of halogens is 1. The normalized spacial score (nSPS) is 9.50. The summed E-state index contributed by atoms with van der Waals surface area (Å²) in [5.41, 5.74) is 1.45. The van der Waals surface area contributed by atoms with Gasteiger partial charge in [-0.3, -0.25) is 4.79 Å². The number of aromatic nitrogens is 1. The van der Waals surface area contributed by atoms with Crippen LogP contribution in [0.1, 0.15) is 16.1 Å². The Balaban J connectivity index is 2.06. The van der Waals surface area contributed by atoms with E-state index >= 15 is 0 Å². The Bertz CT molecular complexity index is 655. The highest BCUT2D eigenvalue weighted by Gasteiger charge is 2.07. The number of hydrogen-bond acceptors (Lipinski definition) is 3. The fourth-order valence-corrected chi connectivity index (χ4v) is 1.48. The molecule has 0 saturated carbocycles. The molecule has 0 atom stereocenters. The van der Waals surface area contributed by atoms with E-state index in [1.807, 2.05) is 0 Å². The molecule has 2 aromatic rings. The summed E-state index contributed by atoms with van der Waals surface area (Å²) in [7, 11) is 0. The molecule has 5 heteroatoms. The van der Waals surface area contributed by atoms with E-state index in [1.54, 1.807) is 24.3 Å². The predicted molar refractivity (Wildman–Crippen MR) is 72.6 cm³/mol. The van der Waals surface area contributed by atoms with Gasteiger partial charge in [0.05, 0.1) is 6.20 Å². The number of amides is 1. The molecule has 1 aromatic heterocycles. The molecule has 0 bridgehead atoms. The second-order valence-electron chi connectivity index (χ2n) is 3.85. The summed E-state index contributed by atoms with van der Waals surface area (Å²) in [5.74, 6) is 4.36. The minimum absolute atomic E-state index is 0.135. The van der Waals surface area contributed by atoms with Crippen LogP contribution in [0.5, 0.6) is 0 Å². The number of aliphatic hydroxyl groups is 1. The van der Waals surface area contributed by atoms with E-state index in [-0.39, 0.29) is 12.3 Å². The summed E-state index contributed by atoms with van der Waals surface area (Å²) < 4.78 is 12.7. The molecule has 0 radical (unpaired) electrons. The van der Waals surface area contributed by atoms with Crippen LogP contribution in [0.3, 0.4) is 0 Å². The number of nitrogens with one attached hydrogen (secondary N) is 1. The number of aliphatic hydroxyl groups excluding tert-OH is 1. The lowest BCUT2D eigenvalue weighted by Gasteiger charge is -2.04. The van der Waals surface area contributed by atoms with Gasteiger partial charge in [-0.2, -0.15) is 0 Å². The summed E-state index contributed by atoms with van der Waals surface area (Å²) in [5, 5.41) is 11.2. The van der Waals surface area contributed by atoms with Crippen molar-refractivity contribution >= 4 is 11.6 Å². The van der Waals surface area contributed by atoms with Crippen LogP contribution in [0, 0.1) is 17.7 Å². The number of anilines is 1. The minimum atomic E-state index is -0.492. The average molecular weight is 270 g/mol. The standard InChI is InChI=1S/C15H11FN2O2/c16-12-5-8-14(17-10-12)15(20)18-13-6-3-11(4-7-13)2-1-9-19/h3-8,10,19H,9H2,(H,18,20). The van der Waals surface area contributed by atoms with Crippen LogP contribution in [-0.4, -0.2) is 22.6 Å². The van der Waals surface area contributed by atoms with Gasteiger partial charge in [-0.15, -0.1) is 0 Å². The fraction of sp³-hybridized carbons (Fsp3) is 0.0667. The van der Waals surface area contributed by atoms with Crippen LogP contribution in [0.15, 0.2) is 42.6 Å². The lowest BCUT2D eigenvalue weighted by Crippen LogP contribution is -2.13. The van der Waals surface area contributed by atoms with E-state index in [4.69, 9.17) is 5.11 Å². The third-order valence-corrected chi connectivity index (χ3v) is 2.41. The first kappa shape index (κ1) is 13.7. The average Bonchev–Trinajstić information content (AvgIpc) is 2.47. The molecule has 0 aliphatic rings. The van der Waals surface area contributed by atoms with E-state index in [0.29, 0.717) is 5.69 Å². The molecule has 2 N–H and O–H groups in total. The Morgan fingerprint density at radius 2 is 2.00 bits per heavy atom. The molecule has 0 aliphatic carbocycles. The third kappa shape index (κ3) is 3.64. The molecule has 0 fully saturated rings. The number of rotatable bonds is 2. The van der Waals surface area contributed by atoms with Gasteiger partial charge in [-0.25, -0.2) is 9.37 Å². The second-order valence-corrected chi connectivity index (χ2v) is 3.85. The first-order chi connectivity index (χ1) is 9.69. The molecule has 1 heterocycles. The van der Waals surface area contributed by atoms with Crippen molar-refractivity contribution in [1.29, 1.82) is 0 Å². The van der Waals surface area contributed by atoms with Gasteiger partial charge < -0.3 is 10.4 Å². The van der Waals surface area contributed by atoms with E-state index in [9.17, 15) is 9.18 Å². The van der Waals surface area contributed by atoms with E-state index in [2.05, 4.69) is 22.1 Å². The Morgan fingerprint density at radius 1 is 1.25 bits per heavy atom. The molecule has 4 nitrogen and oxygen atoms in total. The van der Waals surface area contributed by atoms with E-state index in [0.717, 1.165) is 11.8 Å². The van der Waals surface area contributed by atoms with Gasteiger partial charge in [0.15, 0.2) is 0 Å². The van der Waals surface area contributed by atoms with Gasteiger partial charge in [-0.05, 0) is 36.4 Å². The summed E-state index contributed by atoms with van der Waals surface area (Å²) in [6, 6.07) is 9.29. The molecule has 100 valence electrons. The van der Waals surface area contributed by atoms with Crippen LogP contribution in [0.2, 0.25) is 0 Å². The Hall–Kier alpha value is -2.71. The van der Waals surface area contributed by atoms with Crippen molar-refractivity contribution in [3.63, 3.8) is 0 Å². The number of benzene rings is 1. The highest BCUT2D eigenvalue weighted by molar-refractivity contribution is 6.02. The Morgan fingerprint density at radius 3 is 2.60 bits per heavy atom. The number of carbonyl (C=O) groups excluding carboxylic acids is 1. The predicted octanol–water partition coefficient (Wildman–Crippen LogP) is 1.82. The monoisotopic (exact) mass is 270 g/mol. The first-order valence-electron chi connectivity index (χ1n) is 5.82.